The zero-order chi connectivity index (χ0) is 14.6. The second-order valence-electron chi connectivity index (χ2n) is 6.78. The molecule has 4 nitrogen and oxygen atoms in total. The van der Waals surface area contributed by atoms with Crippen molar-refractivity contribution in [3.8, 4) is 17.2 Å². The van der Waals surface area contributed by atoms with Crippen molar-refractivity contribution in [1.82, 2.24) is 4.57 Å². The number of ether oxygens (including phenoxy) is 2. The lowest BCUT2D eigenvalue weighted by atomic mass is 9.74. The normalized spacial score (nSPS) is 22.1. The summed E-state index contributed by atoms with van der Waals surface area (Å²) < 4.78 is 13.1. The van der Waals surface area contributed by atoms with Gasteiger partial charge < -0.3 is 19.8 Å². The van der Waals surface area contributed by atoms with Crippen molar-refractivity contribution in [3.05, 3.63) is 41.7 Å². The van der Waals surface area contributed by atoms with E-state index in [1.54, 1.807) is 0 Å². The number of hydrogen-bond acceptors (Lipinski definition) is 3. The van der Waals surface area contributed by atoms with E-state index in [2.05, 4.69) is 36.7 Å². The van der Waals surface area contributed by atoms with E-state index >= 15 is 0 Å². The average molecular weight is 284 g/mol. The van der Waals surface area contributed by atoms with Crippen LogP contribution in [0.5, 0.6) is 11.5 Å². The topological polar surface area (TPSA) is 49.4 Å². The number of aromatic nitrogens is 1. The van der Waals surface area contributed by atoms with E-state index in [9.17, 15) is 0 Å². The van der Waals surface area contributed by atoms with Gasteiger partial charge in [-0.1, -0.05) is 13.8 Å². The Labute approximate surface area is 124 Å². The number of benzene rings is 1. The molecule has 0 fully saturated rings. The molecule has 4 heteroatoms. The summed E-state index contributed by atoms with van der Waals surface area (Å²) in [5.41, 5.74) is 10.3. The first-order valence-electron chi connectivity index (χ1n) is 7.39. The standard InChI is InChI=1S/C17H20N2O2/c1-17(2)8-13(18)12-5-6-19(14(12)9-17)11-3-4-15-16(7-11)21-10-20-15/h3-7,13H,8-10,18H2,1-2H3. The van der Waals surface area contributed by atoms with Gasteiger partial charge in [0.2, 0.25) is 6.79 Å². The molecule has 0 bridgehead atoms. The van der Waals surface area contributed by atoms with Crippen LogP contribution in [-0.2, 0) is 6.42 Å². The average Bonchev–Trinajstić information content (AvgIpc) is 3.02. The van der Waals surface area contributed by atoms with Gasteiger partial charge in [0.25, 0.3) is 0 Å². The third kappa shape index (κ3) is 2.02. The van der Waals surface area contributed by atoms with E-state index in [1.807, 2.05) is 12.1 Å². The van der Waals surface area contributed by atoms with Gasteiger partial charge in [0.15, 0.2) is 11.5 Å². The summed E-state index contributed by atoms with van der Waals surface area (Å²) >= 11 is 0. The summed E-state index contributed by atoms with van der Waals surface area (Å²) in [5, 5.41) is 0. The third-order valence-electron chi connectivity index (χ3n) is 4.48. The highest BCUT2D eigenvalue weighted by Crippen LogP contribution is 2.41. The summed E-state index contributed by atoms with van der Waals surface area (Å²) in [4.78, 5) is 0. The first-order chi connectivity index (χ1) is 10.0. The fraction of sp³-hybridized carbons (Fsp3) is 0.412. The van der Waals surface area contributed by atoms with Gasteiger partial charge in [-0.15, -0.1) is 0 Å². The van der Waals surface area contributed by atoms with E-state index in [0.29, 0.717) is 6.79 Å². The van der Waals surface area contributed by atoms with Gasteiger partial charge in [0.1, 0.15) is 0 Å². The Hall–Kier alpha value is -1.94. The molecule has 2 heterocycles. The number of nitrogens with zero attached hydrogens (tertiary/aromatic N) is 1. The van der Waals surface area contributed by atoms with Crippen LogP contribution in [0.15, 0.2) is 30.5 Å². The van der Waals surface area contributed by atoms with Gasteiger partial charge in [0, 0.05) is 29.7 Å². The van der Waals surface area contributed by atoms with Crippen LogP contribution in [0.2, 0.25) is 0 Å². The number of fused-ring (bicyclic) bond motifs is 2. The Kier molecular flexibility index (Phi) is 2.60. The highest BCUT2D eigenvalue weighted by atomic mass is 16.7. The van der Waals surface area contributed by atoms with Crippen LogP contribution in [0.4, 0.5) is 0 Å². The molecule has 1 unspecified atom stereocenters. The molecular formula is C17H20N2O2. The molecule has 0 spiro atoms. The van der Waals surface area contributed by atoms with Crippen LogP contribution in [0.25, 0.3) is 5.69 Å². The molecule has 2 aromatic rings. The Balaban J connectivity index is 1.80. The molecule has 1 atom stereocenters. The molecule has 2 N–H and O–H groups in total. The Morgan fingerprint density at radius 3 is 2.86 bits per heavy atom. The van der Waals surface area contributed by atoms with Crippen LogP contribution in [-0.4, -0.2) is 11.4 Å². The van der Waals surface area contributed by atoms with Gasteiger partial charge in [-0.3, -0.25) is 0 Å². The summed E-state index contributed by atoms with van der Waals surface area (Å²) in [6, 6.07) is 8.35. The number of hydrogen-bond donors (Lipinski definition) is 1. The molecule has 21 heavy (non-hydrogen) atoms. The maximum absolute atomic E-state index is 6.35. The maximum atomic E-state index is 6.35. The van der Waals surface area contributed by atoms with Crippen molar-refractivity contribution in [3.63, 3.8) is 0 Å². The van der Waals surface area contributed by atoms with Crippen molar-refractivity contribution < 1.29 is 9.47 Å². The predicted molar refractivity (Wildman–Crippen MR) is 80.9 cm³/mol. The molecule has 1 aromatic heterocycles. The van der Waals surface area contributed by atoms with Crippen LogP contribution in [0.3, 0.4) is 0 Å². The van der Waals surface area contributed by atoms with Crippen molar-refractivity contribution in [1.29, 1.82) is 0 Å². The highest BCUT2D eigenvalue weighted by molar-refractivity contribution is 5.51. The largest absolute Gasteiger partial charge is 0.454 e. The van der Waals surface area contributed by atoms with Crippen molar-refractivity contribution >= 4 is 0 Å². The van der Waals surface area contributed by atoms with Gasteiger partial charge >= 0.3 is 0 Å². The van der Waals surface area contributed by atoms with E-state index < -0.39 is 0 Å². The van der Waals surface area contributed by atoms with Gasteiger partial charge in [-0.05, 0) is 42.0 Å². The Bertz CT molecular complexity index is 703. The maximum Gasteiger partial charge on any atom is 0.231 e. The molecule has 4 rings (SSSR count). The van der Waals surface area contributed by atoms with Crippen LogP contribution >= 0.6 is 0 Å². The molecule has 0 saturated heterocycles. The fourth-order valence-corrected chi connectivity index (χ4v) is 3.51. The Morgan fingerprint density at radius 2 is 2.00 bits per heavy atom. The second kappa shape index (κ2) is 4.28. The molecule has 1 aromatic carbocycles. The van der Waals surface area contributed by atoms with Gasteiger partial charge in [-0.2, -0.15) is 0 Å². The molecule has 2 aliphatic rings. The molecule has 0 radical (unpaired) electrons. The molecule has 0 saturated carbocycles. The van der Waals surface area contributed by atoms with Crippen LogP contribution in [0.1, 0.15) is 37.6 Å². The molecule has 0 amide bonds. The fourth-order valence-electron chi connectivity index (χ4n) is 3.51. The van der Waals surface area contributed by atoms with Crippen LogP contribution in [0, 0.1) is 5.41 Å². The minimum Gasteiger partial charge on any atom is -0.454 e. The predicted octanol–water partition coefficient (Wildman–Crippen LogP) is 3.18. The monoisotopic (exact) mass is 284 g/mol. The molecule has 1 aliphatic heterocycles. The quantitative estimate of drug-likeness (QED) is 0.875. The Morgan fingerprint density at radius 1 is 1.19 bits per heavy atom. The summed E-state index contributed by atoms with van der Waals surface area (Å²) in [5.74, 6) is 1.63. The van der Waals surface area contributed by atoms with Crippen molar-refractivity contribution in [2.45, 2.75) is 32.7 Å². The van der Waals surface area contributed by atoms with E-state index in [1.165, 1.54) is 11.3 Å². The lowest BCUT2D eigenvalue weighted by molar-refractivity contribution is 0.174. The third-order valence-corrected chi connectivity index (χ3v) is 4.48. The van der Waals surface area contributed by atoms with Crippen molar-refractivity contribution in [2.75, 3.05) is 6.79 Å². The zero-order valence-corrected chi connectivity index (χ0v) is 12.4. The first-order valence-corrected chi connectivity index (χ1v) is 7.39. The van der Waals surface area contributed by atoms with E-state index in [-0.39, 0.29) is 11.5 Å². The summed E-state index contributed by atoms with van der Waals surface area (Å²) in [7, 11) is 0. The number of nitrogens with two attached hydrogens (primary N) is 1. The first kappa shape index (κ1) is 12.8. The molecule has 110 valence electrons. The minimum atomic E-state index is 0.124. The number of rotatable bonds is 1. The highest BCUT2D eigenvalue weighted by Gasteiger charge is 2.32. The van der Waals surface area contributed by atoms with Gasteiger partial charge in [0.05, 0.1) is 0 Å². The summed E-state index contributed by atoms with van der Waals surface area (Å²) in [6.45, 7) is 4.88. The summed E-state index contributed by atoms with van der Waals surface area (Å²) in [6.07, 6.45) is 4.19. The molecule has 1 aliphatic carbocycles. The minimum absolute atomic E-state index is 0.124. The molecular weight excluding hydrogens is 264 g/mol. The smallest absolute Gasteiger partial charge is 0.231 e. The zero-order valence-electron chi connectivity index (χ0n) is 12.4. The SMILES string of the molecule is CC1(C)Cc2c(ccn2-c2ccc3c(c2)OCO3)C(N)C1. The van der Waals surface area contributed by atoms with Crippen LogP contribution < -0.4 is 15.2 Å². The van der Waals surface area contributed by atoms with E-state index in [4.69, 9.17) is 15.2 Å². The second-order valence-corrected chi connectivity index (χ2v) is 6.78. The lowest BCUT2D eigenvalue weighted by Crippen LogP contribution is -2.30. The van der Waals surface area contributed by atoms with Gasteiger partial charge in [-0.25, -0.2) is 0 Å². The van der Waals surface area contributed by atoms with E-state index in [0.717, 1.165) is 30.0 Å². The lowest BCUT2D eigenvalue weighted by Gasteiger charge is -2.34. The van der Waals surface area contributed by atoms with Crippen molar-refractivity contribution in [2.24, 2.45) is 11.1 Å².